The van der Waals surface area contributed by atoms with Gasteiger partial charge in [-0.2, -0.15) is 0 Å². The average Bonchev–Trinajstić information content (AvgIpc) is 2.89. The second-order valence-corrected chi connectivity index (χ2v) is 5.75. The molecule has 0 bridgehead atoms. The van der Waals surface area contributed by atoms with Gasteiger partial charge in [0.2, 0.25) is 0 Å². The third kappa shape index (κ3) is 4.39. The van der Waals surface area contributed by atoms with Gasteiger partial charge in [0.15, 0.2) is 11.7 Å². The number of aliphatic imine (C=N–C) groups is 1. The number of aryl methyl sites for hydroxylation is 1. The molecule has 1 N–H and O–H groups in total. The van der Waals surface area contributed by atoms with Crippen LogP contribution in [-0.2, 0) is 13.1 Å². The highest BCUT2D eigenvalue weighted by Gasteiger charge is 2.09. The number of hydrogen-bond acceptors (Lipinski definition) is 3. The maximum absolute atomic E-state index is 6.04. The van der Waals surface area contributed by atoms with Gasteiger partial charge >= 0.3 is 0 Å². The molecule has 0 radical (unpaired) electrons. The van der Waals surface area contributed by atoms with Gasteiger partial charge in [-0.1, -0.05) is 34.4 Å². The van der Waals surface area contributed by atoms with E-state index < -0.39 is 0 Å². The van der Waals surface area contributed by atoms with Crippen LogP contribution in [0.4, 0.5) is 0 Å². The Morgan fingerprint density at radius 2 is 2.09 bits per heavy atom. The quantitative estimate of drug-likeness (QED) is 0.683. The first-order valence-corrected chi connectivity index (χ1v) is 7.53. The van der Waals surface area contributed by atoms with E-state index in [0.717, 1.165) is 23.0 Å². The van der Waals surface area contributed by atoms with Crippen molar-refractivity contribution >= 4 is 29.2 Å². The highest BCUT2D eigenvalue weighted by Crippen LogP contribution is 2.23. The fourth-order valence-electron chi connectivity index (χ4n) is 2.04. The van der Waals surface area contributed by atoms with Crippen molar-refractivity contribution < 1.29 is 4.52 Å². The third-order valence-electron chi connectivity index (χ3n) is 3.07. The highest BCUT2D eigenvalue weighted by molar-refractivity contribution is 6.42. The summed E-state index contributed by atoms with van der Waals surface area (Å²) in [6.45, 7) is 3.07. The minimum absolute atomic E-state index is 0.527. The highest BCUT2D eigenvalue weighted by atomic mass is 35.5. The summed E-state index contributed by atoms with van der Waals surface area (Å²) in [6, 6.07) is 7.48. The molecule has 22 heavy (non-hydrogen) atoms. The SMILES string of the molecule is CN=C(NCc1cc(C)no1)N(C)Cc1ccc(Cl)c(Cl)c1. The molecule has 0 unspecified atom stereocenters. The molecule has 0 aliphatic heterocycles. The normalized spacial score (nSPS) is 11.6. The zero-order valence-corrected chi connectivity index (χ0v) is 14.2. The summed E-state index contributed by atoms with van der Waals surface area (Å²) in [5.41, 5.74) is 1.91. The van der Waals surface area contributed by atoms with Crippen LogP contribution in [0.1, 0.15) is 17.0 Å². The van der Waals surface area contributed by atoms with Gasteiger partial charge in [0.1, 0.15) is 0 Å². The lowest BCUT2D eigenvalue weighted by Gasteiger charge is -2.22. The largest absolute Gasteiger partial charge is 0.359 e. The summed E-state index contributed by atoms with van der Waals surface area (Å²) in [5, 5.41) is 8.18. The third-order valence-corrected chi connectivity index (χ3v) is 3.81. The fraction of sp³-hybridized carbons (Fsp3) is 0.333. The molecule has 1 aromatic heterocycles. The predicted octanol–water partition coefficient (Wildman–Crippen LogP) is 3.50. The number of nitrogens with zero attached hydrogens (tertiary/aromatic N) is 3. The number of hydrogen-bond donors (Lipinski definition) is 1. The number of rotatable bonds is 4. The molecule has 5 nitrogen and oxygen atoms in total. The van der Waals surface area contributed by atoms with Gasteiger partial charge in [-0.25, -0.2) is 0 Å². The van der Waals surface area contributed by atoms with Crippen molar-refractivity contribution in [2.24, 2.45) is 4.99 Å². The number of guanidine groups is 1. The van der Waals surface area contributed by atoms with Gasteiger partial charge in [0, 0.05) is 26.7 Å². The number of aromatic nitrogens is 1. The average molecular weight is 341 g/mol. The zero-order valence-electron chi connectivity index (χ0n) is 12.7. The first-order chi connectivity index (χ1) is 10.5. The van der Waals surface area contributed by atoms with Crippen molar-refractivity contribution in [3.63, 3.8) is 0 Å². The molecule has 2 aromatic rings. The second-order valence-electron chi connectivity index (χ2n) is 4.94. The van der Waals surface area contributed by atoms with Gasteiger partial charge in [-0.3, -0.25) is 4.99 Å². The Hall–Kier alpha value is -1.72. The fourth-order valence-corrected chi connectivity index (χ4v) is 2.36. The van der Waals surface area contributed by atoms with Gasteiger partial charge in [-0.05, 0) is 24.6 Å². The first kappa shape index (κ1) is 16.6. The molecule has 0 aliphatic carbocycles. The van der Waals surface area contributed by atoms with E-state index in [2.05, 4.69) is 15.5 Å². The summed E-state index contributed by atoms with van der Waals surface area (Å²) in [6.07, 6.45) is 0. The predicted molar refractivity (Wildman–Crippen MR) is 89.4 cm³/mol. The van der Waals surface area contributed by atoms with Crippen molar-refractivity contribution in [1.29, 1.82) is 0 Å². The van der Waals surface area contributed by atoms with Gasteiger partial charge in [0.05, 0.1) is 22.3 Å². The van der Waals surface area contributed by atoms with E-state index in [4.69, 9.17) is 27.7 Å². The molecule has 0 saturated carbocycles. The van der Waals surface area contributed by atoms with Gasteiger partial charge < -0.3 is 14.7 Å². The monoisotopic (exact) mass is 340 g/mol. The maximum atomic E-state index is 6.04. The van der Waals surface area contributed by atoms with Crippen LogP contribution in [0.5, 0.6) is 0 Å². The van der Waals surface area contributed by atoms with Crippen LogP contribution >= 0.6 is 23.2 Å². The van der Waals surface area contributed by atoms with Crippen molar-refractivity contribution in [2.45, 2.75) is 20.0 Å². The second kappa shape index (κ2) is 7.51. The topological polar surface area (TPSA) is 53.7 Å². The van der Waals surface area contributed by atoms with E-state index in [-0.39, 0.29) is 0 Å². The molecule has 0 amide bonds. The van der Waals surface area contributed by atoms with Crippen LogP contribution in [0.3, 0.4) is 0 Å². The Labute approximate surface area is 139 Å². The number of nitrogens with one attached hydrogen (secondary N) is 1. The van der Waals surface area contributed by atoms with Crippen LogP contribution in [0, 0.1) is 6.92 Å². The maximum Gasteiger partial charge on any atom is 0.194 e. The molecule has 7 heteroatoms. The van der Waals surface area contributed by atoms with Crippen LogP contribution in [-0.4, -0.2) is 30.1 Å². The van der Waals surface area contributed by atoms with Crippen LogP contribution < -0.4 is 5.32 Å². The first-order valence-electron chi connectivity index (χ1n) is 6.77. The van der Waals surface area contributed by atoms with Gasteiger partial charge in [0.25, 0.3) is 0 Å². The zero-order chi connectivity index (χ0) is 16.1. The van der Waals surface area contributed by atoms with Crippen LogP contribution in [0.15, 0.2) is 33.8 Å². The summed E-state index contributed by atoms with van der Waals surface area (Å²) >= 11 is 12.0. The van der Waals surface area contributed by atoms with Crippen LogP contribution in [0.2, 0.25) is 10.0 Å². The molecule has 0 spiro atoms. The minimum atomic E-state index is 0.527. The lowest BCUT2D eigenvalue weighted by atomic mass is 10.2. The molecule has 2 rings (SSSR count). The van der Waals surface area contributed by atoms with E-state index in [1.54, 1.807) is 13.1 Å². The lowest BCUT2D eigenvalue weighted by Crippen LogP contribution is -2.37. The molecule has 1 heterocycles. The van der Waals surface area contributed by atoms with E-state index in [1.165, 1.54) is 0 Å². The standard InChI is InChI=1S/C15H18Cl2N4O/c1-10-6-12(22-20-10)8-19-15(18-2)21(3)9-11-4-5-13(16)14(17)7-11/h4-7H,8-9H2,1-3H3,(H,18,19). The Bertz CT molecular complexity index is 669. The van der Waals surface area contributed by atoms with E-state index >= 15 is 0 Å². The number of halogens is 2. The number of benzene rings is 1. The van der Waals surface area contributed by atoms with E-state index in [1.807, 2.05) is 37.1 Å². The molecule has 0 atom stereocenters. The van der Waals surface area contributed by atoms with Crippen LogP contribution in [0.25, 0.3) is 0 Å². The summed E-state index contributed by atoms with van der Waals surface area (Å²) in [4.78, 5) is 6.25. The van der Waals surface area contributed by atoms with E-state index in [9.17, 15) is 0 Å². The van der Waals surface area contributed by atoms with Crippen molar-refractivity contribution in [2.75, 3.05) is 14.1 Å². The Kier molecular flexibility index (Phi) is 5.69. The molecule has 118 valence electrons. The summed E-state index contributed by atoms with van der Waals surface area (Å²) in [7, 11) is 3.68. The summed E-state index contributed by atoms with van der Waals surface area (Å²) < 4.78 is 5.17. The Morgan fingerprint density at radius 1 is 1.32 bits per heavy atom. The molecule has 0 fully saturated rings. The Morgan fingerprint density at radius 3 is 2.68 bits per heavy atom. The smallest absolute Gasteiger partial charge is 0.194 e. The molecular formula is C15H18Cl2N4O. The Balaban J connectivity index is 1.96. The molecular weight excluding hydrogens is 323 g/mol. The minimum Gasteiger partial charge on any atom is -0.359 e. The lowest BCUT2D eigenvalue weighted by molar-refractivity contribution is 0.373. The molecule has 0 aliphatic rings. The summed E-state index contributed by atoms with van der Waals surface area (Å²) in [5.74, 6) is 1.52. The van der Waals surface area contributed by atoms with E-state index in [0.29, 0.717) is 23.1 Å². The van der Waals surface area contributed by atoms with Crippen molar-refractivity contribution in [1.82, 2.24) is 15.4 Å². The molecule has 1 aromatic carbocycles. The van der Waals surface area contributed by atoms with Crippen molar-refractivity contribution in [3.8, 4) is 0 Å². The van der Waals surface area contributed by atoms with Crippen molar-refractivity contribution in [3.05, 3.63) is 51.3 Å². The molecule has 0 saturated heterocycles. The van der Waals surface area contributed by atoms with Gasteiger partial charge in [-0.15, -0.1) is 0 Å².